The predicted molar refractivity (Wildman–Crippen MR) is 138 cm³/mol. The summed E-state index contributed by atoms with van der Waals surface area (Å²) in [6, 6.07) is 8.83. The molecule has 0 heterocycles. The highest BCUT2D eigenvalue weighted by molar-refractivity contribution is 5.53. The Balaban J connectivity index is 1.75. The number of halogens is 12. The molecule has 4 aromatic carbocycles. The third-order valence-electron chi connectivity index (χ3n) is 6.50. The summed E-state index contributed by atoms with van der Waals surface area (Å²) < 4.78 is 178. The Kier molecular flexibility index (Phi) is 8.33. The van der Waals surface area contributed by atoms with Crippen molar-refractivity contribution in [3.05, 3.63) is 107 Å². The number of benzene rings is 4. The Bertz CT molecular complexity index is 1530. The van der Waals surface area contributed by atoms with Gasteiger partial charge in [-0.25, -0.2) is 0 Å². The van der Waals surface area contributed by atoms with Gasteiger partial charge in [0.2, 0.25) is 5.41 Å². The van der Waals surface area contributed by atoms with Crippen LogP contribution in [0.3, 0.4) is 0 Å². The van der Waals surface area contributed by atoms with Crippen LogP contribution in [-0.4, -0.2) is 12.4 Å². The third kappa shape index (κ3) is 6.54. The van der Waals surface area contributed by atoms with Crippen LogP contribution in [0, 0.1) is 0 Å². The van der Waals surface area contributed by atoms with Gasteiger partial charge in [-0.15, -0.1) is 0 Å². The molecule has 0 atom stereocenters. The lowest BCUT2D eigenvalue weighted by Gasteiger charge is -2.38. The standard InChI is InChI=1S/C29H18F12N2O2/c30-26(31,32)21-13-17(42)5-11-23(21)44-19-7-1-15(2-8-19)25(28(36,37)38,29(39,40)41)16-3-9-20(10-4-16)45-24-12-6-18(43)14-22(24)27(33,34)35/h1-14H,42-43H2. The molecule has 0 aliphatic rings. The van der Waals surface area contributed by atoms with Crippen molar-refractivity contribution in [2.75, 3.05) is 11.5 Å². The van der Waals surface area contributed by atoms with Gasteiger partial charge in [-0.2, -0.15) is 52.7 Å². The van der Waals surface area contributed by atoms with E-state index in [0.717, 1.165) is 24.3 Å². The highest BCUT2D eigenvalue weighted by Crippen LogP contribution is 2.56. The quantitative estimate of drug-likeness (QED) is 0.160. The van der Waals surface area contributed by atoms with Gasteiger partial charge >= 0.3 is 24.7 Å². The Labute approximate surface area is 245 Å². The molecular formula is C29H18F12N2O2. The van der Waals surface area contributed by atoms with Gasteiger partial charge in [0.05, 0.1) is 0 Å². The van der Waals surface area contributed by atoms with E-state index in [4.69, 9.17) is 20.9 Å². The zero-order valence-corrected chi connectivity index (χ0v) is 22.1. The van der Waals surface area contributed by atoms with Crippen LogP contribution in [-0.2, 0) is 17.8 Å². The zero-order valence-electron chi connectivity index (χ0n) is 22.1. The lowest BCUT2D eigenvalue weighted by molar-refractivity contribution is -0.288. The maximum Gasteiger partial charge on any atom is 0.420 e. The minimum atomic E-state index is -6.04. The van der Waals surface area contributed by atoms with Crippen LogP contribution in [0.15, 0.2) is 84.9 Å². The number of nitrogen functional groups attached to an aromatic ring is 2. The van der Waals surface area contributed by atoms with E-state index >= 15 is 0 Å². The molecule has 4 aromatic rings. The van der Waals surface area contributed by atoms with Gasteiger partial charge in [0.1, 0.15) is 34.1 Å². The summed E-state index contributed by atoms with van der Waals surface area (Å²) in [7, 11) is 0. The van der Waals surface area contributed by atoms with E-state index in [1.807, 2.05) is 0 Å². The lowest BCUT2D eigenvalue weighted by atomic mass is 9.73. The van der Waals surface area contributed by atoms with Gasteiger partial charge in [-0.1, -0.05) is 24.3 Å². The zero-order chi connectivity index (χ0) is 33.6. The van der Waals surface area contributed by atoms with E-state index < -0.39 is 75.4 Å². The highest BCUT2D eigenvalue weighted by atomic mass is 19.4. The van der Waals surface area contributed by atoms with Crippen LogP contribution in [0.1, 0.15) is 22.3 Å². The molecule has 0 bridgehead atoms. The van der Waals surface area contributed by atoms with Crippen LogP contribution in [0.4, 0.5) is 64.1 Å². The molecule has 240 valence electrons. The number of rotatable bonds is 6. The summed E-state index contributed by atoms with van der Waals surface area (Å²) in [5.41, 5.74) is 0.0602. The Morgan fingerprint density at radius 1 is 0.422 bits per heavy atom. The van der Waals surface area contributed by atoms with Gasteiger partial charge in [-0.3, -0.25) is 0 Å². The molecule has 0 unspecified atom stereocenters. The van der Waals surface area contributed by atoms with Gasteiger partial charge in [0.25, 0.3) is 0 Å². The fourth-order valence-electron chi connectivity index (χ4n) is 4.50. The van der Waals surface area contributed by atoms with Crippen molar-refractivity contribution in [3.8, 4) is 23.0 Å². The predicted octanol–water partition coefficient (Wildman–Crippen LogP) is 9.88. The van der Waals surface area contributed by atoms with Crippen LogP contribution in [0.25, 0.3) is 0 Å². The average molecular weight is 654 g/mol. The summed E-state index contributed by atoms with van der Waals surface area (Å²) in [5, 5.41) is 0. The topological polar surface area (TPSA) is 70.5 Å². The minimum absolute atomic E-state index is 0.282. The molecule has 0 radical (unpaired) electrons. The number of anilines is 2. The molecule has 0 aromatic heterocycles. The number of nitrogens with two attached hydrogens (primary N) is 2. The molecule has 0 spiro atoms. The second-order valence-corrected chi connectivity index (χ2v) is 9.51. The van der Waals surface area contributed by atoms with Crippen molar-refractivity contribution in [2.45, 2.75) is 30.1 Å². The molecule has 0 aliphatic heterocycles. The summed E-state index contributed by atoms with van der Waals surface area (Å²) in [4.78, 5) is 0. The van der Waals surface area contributed by atoms with Crippen molar-refractivity contribution in [1.82, 2.24) is 0 Å². The van der Waals surface area contributed by atoms with Crippen LogP contribution < -0.4 is 20.9 Å². The summed E-state index contributed by atoms with van der Waals surface area (Å²) in [5.74, 6) is -2.68. The monoisotopic (exact) mass is 654 g/mol. The normalized spacial score (nSPS) is 13.1. The number of hydrogen-bond acceptors (Lipinski definition) is 4. The van der Waals surface area contributed by atoms with Crippen molar-refractivity contribution in [1.29, 1.82) is 0 Å². The Morgan fingerprint density at radius 2 is 0.733 bits per heavy atom. The maximum atomic E-state index is 14.5. The van der Waals surface area contributed by atoms with Crippen LogP contribution >= 0.6 is 0 Å². The molecule has 0 saturated carbocycles. The Morgan fingerprint density at radius 3 is 1.00 bits per heavy atom. The fourth-order valence-corrected chi connectivity index (χ4v) is 4.50. The first kappa shape index (κ1) is 33.1. The van der Waals surface area contributed by atoms with E-state index in [9.17, 15) is 52.7 Å². The molecule has 4 rings (SSSR count). The largest absolute Gasteiger partial charge is 0.457 e. The van der Waals surface area contributed by atoms with Gasteiger partial charge in [-0.05, 0) is 71.8 Å². The molecule has 0 aliphatic carbocycles. The summed E-state index contributed by atoms with van der Waals surface area (Å²) in [6.07, 6.45) is -22.0. The van der Waals surface area contributed by atoms with Crippen LogP contribution in [0.5, 0.6) is 23.0 Å². The van der Waals surface area contributed by atoms with E-state index in [1.54, 1.807) is 0 Å². The number of alkyl halides is 12. The molecule has 0 amide bonds. The minimum Gasteiger partial charge on any atom is -0.457 e. The number of hydrogen-bond donors (Lipinski definition) is 2. The third-order valence-corrected chi connectivity index (χ3v) is 6.50. The van der Waals surface area contributed by atoms with Crippen molar-refractivity contribution in [3.63, 3.8) is 0 Å². The molecule has 4 N–H and O–H groups in total. The smallest absolute Gasteiger partial charge is 0.420 e. The summed E-state index contributed by atoms with van der Waals surface area (Å²) >= 11 is 0. The average Bonchev–Trinajstić information content (AvgIpc) is 2.90. The first-order valence-electron chi connectivity index (χ1n) is 12.3. The van der Waals surface area contributed by atoms with Crippen LogP contribution in [0.2, 0.25) is 0 Å². The second-order valence-electron chi connectivity index (χ2n) is 9.51. The van der Waals surface area contributed by atoms with E-state index in [2.05, 4.69) is 0 Å². The van der Waals surface area contributed by atoms with Gasteiger partial charge in [0.15, 0.2) is 0 Å². The Hall–Kier alpha value is -4.76. The van der Waals surface area contributed by atoms with Gasteiger partial charge < -0.3 is 20.9 Å². The maximum absolute atomic E-state index is 14.5. The van der Waals surface area contributed by atoms with E-state index in [-0.39, 0.29) is 11.4 Å². The first-order chi connectivity index (χ1) is 20.6. The van der Waals surface area contributed by atoms with Gasteiger partial charge in [0, 0.05) is 11.4 Å². The number of ether oxygens (including phenoxy) is 2. The van der Waals surface area contributed by atoms with Crippen molar-refractivity contribution in [2.24, 2.45) is 0 Å². The molecule has 0 saturated heterocycles. The first-order valence-corrected chi connectivity index (χ1v) is 12.3. The molecule has 16 heteroatoms. The van der Waals surface area contributed by atoms with E-state index in [1.165, 1.54) is 0 Å². The lowest BCUT2D eigenvalue weighted by Crippen LogP contribution is -2.54. The molecule has 45 heavy (non-hydrogen) atoms. The highest BCUT2D eigenvalue weighted by Gasteiger charge is 2.72. The second kappa shape index (κ2) is 11.3. The summed E-state index contributed by atoms with van der Waals surface area (Å²) in [6.45, 7) is 0. The fraction of sp³-hybridized carbons (Fsp3) is 0.172. The van der Waals surface area contributed by atoms with E-state index in [0.29, 0.717) is 60.7 Å². The molecule has 4 nitrogen and oxygen atoms in total. The molecular weight excluding hydrogens is 636 g/mol. The molecule has 0 fully saturated rings. The van der Waals surface area contributed by atoms with Crippen molar-refractivity contribution >= 4 is 11.4 Å². The van der Waals surface area contributed by atoms with Crippen molar-refractivity contribution < 1.29 is 62.2 Å². The SMILES string of the molecule is Nc1ccc(Oc2ccc(C(c3ccc(Oc4ccc(N)cc4C(F)(F)F)cc3)(C(F)(F)F)C(F)(F)F)cc2)c(C(F)(F)F)c1.